The smallest absolute Gasteiger partial charge is 0.323 e. The van der Waals surface area contributed by atoms with Crippen LogP contribution in [0.3, 0.4) is 0 Å². The first-order valence-electron chi connectivity index (χ1n) is 18.9. The number of aliphatic hydroxyl groups excluding tert-OH is 2. The van der Waals surface area contributed by atoms with Gasteiger partial charge in [0.05, 0.1) is 24.7 Å². The van der Waals surface area contributed by atoms with Crippen molar-refractivity contribution in [2.24, 2.45) is 28.9 Å². The summed E-state index contributed by atoms with van der Waals surface area (Å²) in [7, 11) is 0. The largest absolute Gasteiger partial charge is 0.508 e. The number of hydrogen-bond acceptors (Lipinski definition) is 18. The number of hydrogen-bond donors (Lipinski definition) is 16. The molecule has 0 unspecified atom stereocenters. The molecule has 0 aliphatic carbocycles. The van der Waals surface area contributed by atoms with Crippen molar-refractivity contribution in [3.8, 4) is 5.75 Å². The molecule has 0 bridgehead atoms. The molecule has 8 atom stereocenters. The Morgan fingerprint density at radius 3 is 1.37 bits per heavy atom. The van der Waals surface area contributed by atoms with Crippen LogP contribution >= 0.6 is 0 Å². The van der Waals surface area contributed by atoms with Gasteiger partial charge in [0.15, 0.2) is 5.65 Å². The number of phenolic OH excluding ortho intramolecular Hbond substituents is 1. The summed E-state index contributed by atoms with van der Waals surface area (Å²) in [4.78, 5) is 74.9. The lowest BCUT2D eigenvalue weighted by Crippen LogP contribution is -2.39. The number of aromatic nitrogens is 4. The van der Waals surface area contributed by atoms with E-state index in [-0.39, 0.29) is 30.2 Å². The van der Waals surface area contributed by atoms with Gasteiger partial charge < -0.3 is 84.5 Å². The second-order valence-electron chi connectivity index (χ2n) is 13.8. The number of nitrogens with one attached hydrogen (secondary N) is 3. The third kappa shape index (κ3) is 27.0. The van der Waals surface area contributed by atoms with Crippen molar-refractivity contribution in [1.29, 1.82) is 0 Å². The van der Waals surface area contributed by atoms with Crippen LogP contribution < -0.4 is 33.6 Å². The van der Waals surface area contributed by atoms with Crippen LogP contribution in [-0.4, -0.2) is 163 Å². The molecule has 0 radical (unpaired) electrons. The zero-order valence-corrected chi connectivity index (χ0v) is 34.8. The minimum absolute atomic E-state index is 0.0208. The number of carboxylic acids is 6. The fourth-order valence-electron chi connectivity index (χ4n) is 4.15. The second-order valence-corrected chi connectivity index (χ2v) is 13.8. The van der Waals surface area contributed by atoms with Crippen LogP contribution in [0.4, 0.5) is 0 Å². The standard InChI is InChI=1S/C9H11NO3.C5H4N4.2C5H9NO2.C5H11NO2.2C4H9NO3/c10-8(9(12)13)5-6-1-3-7(11)4-2-6;1-4-5(8-2-6-1)9-3-7-4;2*7-5(8)4-2-1-3-6-4;1-3(2)4(6)5(7)8;2*1-2(6)3(5)4(7)8/h1-4,8,11H,5,10H2,(H,12,13);1-3H,(H,6,7,8,9);2*4,6H,1-3H2,(H,7,8);3-4H,6H2,1-2H3,(H,7,8);2*2-3,6H,5H2,1H3,(H,7,8)/t8-;;3*4-;2*2-,3+/m0.00011/s1. The van der Waals surface area contributed by atoms with E-state index in [0.717, 1.165) is 49.9 Å². The lowest BCUT2D eigenvalue weighted by atomic mass is 10.1. The first kappa shape index (κ1) is 58.2. The van der Waals surface area contributed by atoms with Gasteiger partial charge in [-0.25, -0.2) is 15.0 Å². The molecule has 350 valence electrons. The monoisotopic (exact) mass is 886 g/mol. The molecule has 1 aromatic carbocycles. The van der Waals surface area contributed by atoms with Crippen molar-refractivity contribution in [2.45, 2.75) is 108 Å². The average Bonchev–Trinajstić information content (AvgIpc) is 4.03. The average molecular weight is 887 g/mol. The highest BCUT2D eigenvalue weighted by Gasteiger charge is 2.21. The van der Waals surface area contributed by atoms with E-state index in [4.69, 9.17) is 68.9 Å². The molecule has 2 aromatic heterocycles. The van der Waals surface area contributed by atoms with E-state index < -0.39 is 72.2 Å². The van der Waals surface area contributed by atoms with Crippen LogP contribution in [0.5, 0.6) is 5.75 Å². The van der Waals surface area contributed by atoms with Gasteiger partial charge in [0, 0.05) is 0 Å². The molecule has 2 saturated heterocycles. The molecular formula is C37H62N10O15. The Balaban J connectivity index is 0. The van der Waals surface area contributed by atoms with E-state index in [0.29, 0.717) is 5.65 Å². The topological polar surface area (TPSA) is 467 Å². The summed E-state index contributed by atoms with van der Waals surface area (Å²) in [6, 6.07) is 1.86. The van der Waals surface area contributed by atoms with Crippen LogP contribution in [0.1, 0.15) is 58.9 Å². The second kappa shape index (κ2) is 31.9. The number of imidazole rings is 1. The number of nitrogens with two attached hydrogens (primary N) is 4. The number of fused-ring (bicyclic) bond motifs is 1. The Kier molecular flexibility index (Phi) is 29.9. The van der Waals surface area contributed by atoms with Gasteiger partial charge in [0.25, 0.3) is 0 Å². The first-order valence-corrected chi connectivity index (χ1v) is 18.9. The summed E-state index contributed by atoms with van der Waals surface area (Å²) in [5.74, 6) is -5.57. The van der Waals surface area contributed by atoms with Gasteiger partial charge in [-0.2, -0.15) is 0 Å². The van der Waals surface area contributed by atoms with Crippen molar-refractivity contribution in [3.63, 3.8) is 0 Å². The van der Waals surface area contributed by atoms with Gasteiger partial charge in [-0.3, -0.25) is 28.8 Å². The molecular weight excluding hydrogens is 824 g/mol. The number of rotatable bonds is 11. The number of aromatic amines is 1. The number of carboxylic acid groups (broad SMARTS) is 6. The van der Waals surface area contributed by atoms with E-state index in [9.17, 15) is 28.8 Å². The Morgan fingerprint density at radius 2 is 1.11 bits per heavy atom. The summed E-state index contributed by atoms with van der Waals surface area (Å²) in [5.41, 5.74) is 22.7. The highest BCUT2D eigenvalue weighted by molar-refractivity contribution is 5.75. The van der Waals surface area contributed by atoms with Crippen LogP contribution in [0, 0.1) is 5.92 Å². The Labute approximate surface area is 356 Å². The van der Waals surface area contributed by atoms with Crippen molar-refractivity contribution >= 4 is 47.0 Å². The molecule has 0 saturated carbocycles. The van der Waals surface area contributed by atoms with Crippen molar-refractivity contribution in [1.82, 2.24) is 30.6 Å². The molecule has 4 heterocycles. The number of aliphatic hydroxyl groups is 2. The molecule has 3 aromatic rings. The molecule has 0 spiro atoms. The van der Waals surface area contributed by atoms with Gasteiger partial charge >= 0.3 is 35.8 Å². The zero-order chi connectivity index (χ0) is 48.1. The fraction of sp³-hybridized carbons (Fsp3) is 0.541. The van der Waals surface area contributed by atoms with Gasteiger partial charge in [0.1, 0.15) is 53.8 Å². The van der Waals surface area contributed by atoms with E-state index in [1.807, 2.05) is 0 Å². The minimum atomic E-state index is -1.18. The molecule has 20 N–H and O–H groups in total. The Hall–Kier alpha value is -5.93. The van der Waals surface area contributed by atoms with E-state index in [2.05, 4.69) is 30.6 Å². The van der Waals surface area contributed by atoms with E-state index in [1.54, 1.807) is 38.5 Å². The summed E-state index contributed by atoms with van der Waals surface area (Å²) < 4.78 is 0. The van der Waals surface area contributed by atoms with Gasteiger partial charge in [-0.1, -0.05) is 26.0 Å². The third-order valence-corrected chi connectivity index (χ3v) is 8.14. The molecule has 25 heteroatoms. The SMILES string of the molecule is CC(C)[C@H](N)C(=O)O.C[C@@H](O)[C@H](N)C(=O)O.C[C@@H](O)[C@H](N)C(=O)O.N[C@@H](Cc1ccc(O)cc1)C(=O)O.O=C(O)[C@@H]1CCCN1.O=C(O)[C@@H]1CCCN1.c1ncc2[nH]cnc2n1. The number of carbonyl (C=O) groups is 6. The van der Waals surface area contributed by atoms with Crippen LogP contribution in [-0.2, 0) is 35.2 Å². The molecule has 25 nitrogen and oxygen atoms in total. The molecule has 2 aliphatic heterocycles. The molecule has 0 amide bonds. The van der Waals surface area contributed by atoms with Crippen LogP contribution in [0.2, 0.25) is 0 Å². The van der Waals surface area contributed by atoms with Crippen molar-refractivity contribution in [2.75, 3.05) is 13.1 Å². The maximum absolute atomic E-state index is 10.4. The number of aliphatic carboxylic acids is 6. The maximum atomic E-state index is 10.4. The fourth-order valence-corrected chi connectivity index (χ4v) is 4.15. The number of benzene rings is 1. The lowest BCUT2D eigenvalue weighted by Gasteiger charge is -2.07. The van der Waals surface area contributed by atoms with Crippen LogP contribution in [0.15, 0.2) is 43.1 Å². The van der Waals surface area contributed by atoms with Gasteiger partial charge in [-0.15, -0.1) is 0 Å². The lowest BCUT2D eigenvalue weighted by molar-refractivity contribution is -0.141. The Bertz CT molecular complexity index is 1610. The highest BCUT2D eigenvalue weighted by Crippen LogP contribution is 2.11. The van der Waals surface area contributed by atoms with Crippen LogP contribution in [0.25, 0.3) is 11.2 Å². The summed E-state index contributed by atoms with van der Waals surface area (Å²) >= 11 is 0. The molecule has 5 rings (SSSR count). The Morgan fingerprint density at radius 1 is 0.677 bits per heavy atom. The maximum Gasteiger partial charge on any atom is 0.323 e. The normalized spacial score (nSPS) is 17.7. The van der Waals surface area contributed by atoms with Gasteiger partial charge in [-0.05, 0) is 82.7 Å². The summed E-state index contributed by atoms with van der Waals surface area (Å²) in [6.07, 6.45) is 6.64. The molecule has 2 aliphatic rings. The zero-order valence-electron chi connectivity index (χ0n) is 34.8. The van der Waals surface area contributed by atoms with Gasteiger partial charge in [0.2, 0.25) is 0 Å². The molecule has 2 fully saturated rings. The number of aromatic hydroxyl groups is 1. The highest BCUT2D eigenvalue weighted by atomic mass is 16.4. The predicted octanol–water partition coefficient (Wildman–Crippen LogP) is -2.04. The van der Waals surface area contributed by atoms with Crippen molar-refractivity contribution < 1.29 is 74.7 Å². The molecule has 62 heavy (non-hydrogen) atoms. The van der Waals surface area contributed by atoms with Crippen molar-refractivity contribution in [3.05, 3.63) is 48.7 Å². The minimum Gasteiger partial charge on any atom is -0.508 e. The van der Waals surface area contributed by atoms with E-state index >= 15 is 0 Å². The van der Waals surface area contributed by atoms with E-state index in [1.165, 1.54) is 32.3 Å². The third-order valence-electron chi connectivity index (χ3n) is 8.14. The first-order chi connectivity index (χ1) is 28.8. The predicted molar refractivity (Wildman–Crippen MR) is 221 cm³/mol. The quantitative estimate of drug-likeness (QED) is 0.0986. The number of H-pyrrole nitrogens is 1. The summed E-state index contributed by atoms with van der Waals surface area (Å²) in [5, 5.41) is 81.2. The number of phenols is 1. The summed E-state index contributed by atoms with van der Waals surface area (Å²) in [6.45, 7) is 7.93. The number of nitrogens with zero attached hydrogens (tertiary/aromatic N) is 3.